The molecule has 0 N–H and O–H groups in total. The highest BCUT2D eigenvalue weighted by Gasteiger charge is 2.31. The fourth-order valence-electron chi connectivity index (χ4n) is 3.50. The van der Waals surface area contributed by atoms with Crippen molar-refractivity contribution < 1.29 is 14.3 Å². The van der Waals surface area contributed by atoms with E-state index in [1.165, 1.54) is 11.3 Å². The van der Waals surface area contributed by atoms with Crippen molar-refractivity contribution in [3.05, 3.63) is 75.2 Å². The summed E-state index contributed by atoms with van der Waals surface area (Å²) in [5.74, 6) is 1.48. The zero-order valence-corrected chi connectivity index (χ0v) is 17.6. The summed E-state index contributed by atoms with van der Waals surface area (Å²) in [7, 11) is 1.65. The van der Waals surface area contributed by atoms with Gasteiger partial charge in [-0.2, -0.15) is 0 Å². The third-order valence-electron chi connectivity index (χ3n) is 4.94. The van der Waals surface area contributed by atoms with Crippen molar-refractivity contribution in [2.75, 3.05) is 13.7 Å². The van der Waals surface area contributed by atoms with Crippen LogP contribution in [0.4, 0.5) is 0 Å². The maximum atomic E-state index is 13.1. The van der Waals surface area contributed by atoms with E-state index in [0.29, 0.717) is 17.3 Å². The highest BCUT2D eigenvalue weighted by Crippen LogP contribution is 2.34. The van der Waals surface area contributed by atoms with Gasteiger partial charge in [-0.1, -0.05) is 23.7 Å². The molecule has 4 rings (SSSR count). The zero-order valence-electron chi connectivity index (χ0n) is 16.0. The van der Waals surface area contributed by atoms with E-state index < -0.39 is 0 Å². The summed E-state index contributed by atoms with van der Waals surface area (Å²) in [6.45, 7) is 1.05. The van der Waals surface area contributed by atoms with E-state index in [2.05, 4.69) is 4.98 Å². The van der Waals surface area contributed by atoms with Crippen LogP contribution in [0.15, 0.2) is 53.9 Å². The SMILES string of the molecule is COc1cccc(C2CCCN2C(=O)c2csc(COc3ccc(Cl)cc3)n2)c1. The molecular weight excluding hydrogens is 408 g/mol. The minimum absolute atomic E-state index is 0.0377. The third-order valence-corrected chi connectivity index (χ3v) is 6.01. The van der Waals surface area contributed by atoms with Crippen LogP contribution in [0.5, 0.6) is 11.5 Å². The Kier molecular flexibility index (Phi) is 6.02. The van der Waals surface area contributed by atoms with Gasteiger partial charge in [0.05, 0.1) is 13.2 Å². The van der Waals surface area contributed by atoms with Crippen molar-refractivity contribution in [3.63, 3.8) is 0 Å². The van der Waals surface area contributed by atoms with Gasteiger partial charge >= 0.3 is 0 Å². The van der Waals surface area contributed by atoms with Crippen LogP contribution in [0.3, 0.4) is 0 Å². The molecule has 1 amide bonds. The lowest BCUT2D eigenvalue weighted by Gasteiger charge is -2.24. The van der Waals surface area contributed by atoms with Gasteiger partial charge in [0.1, 0.15) is 28.8 Å². The summed E-state index contributed by atoms with van der Waals surface area (Å²) in [5, 5.41) is 3.24. The quantitative estimate of drug-likeness (QED) is 0.530. The molecule has 7 heteroatoms. The Bertz CT molecular complexity index is 990. The highest BCUT2D eigenvalue weighted by atomic mass is 35.5. The van der Waals surface area contributed by atoms with E-state index in [1.807, 2.05) is 46.7 Å². The molecule has 1 aliphatic heterocycles. The molecule has 0 bridgehead atoms. The highest BCUT2D eigenvalue weighted by molar-refractivity contribution is 7.09. The van der Waals surface area contributed by atoms with Crippen LogP contribution >= 0.6 is 22.9 Å². The molecule has 3 aromatic rings. The average Bonchev–Trinajstić information content (AvgIpc) is 3.43. The van der Waals surface area contributed by atoms with Gasteiger partial charge in [0.15, 0.2) is 0 Å². The maximum Gasteiger partial charge on any atom is 0.273 e. The molecule has 2 heterocycles. The Morgan fingerprint density at radius 3 is 2.86 bits per heavy atom. The molecule has 2 aromatic carbocycles. The predicted octanol–water partition coefficient (Wildman–Crippen LogP) is 5.36. The topological polar surface area (TPSA) is 51.7 Å². The molecule has 1 atom stereocenters. The summed E-state index contributed by atoms with van der Waals surface area (Å²) in [4.78, 5) is 19.5. The van der Waals surface area contributed by atoms with Gasteiger partial charge < -0.3 is 14.4 Å². The molecule has 5 nitrogen and oxygen atoms in total. The number of carbonyl (C=O) groups is 1. The lowest BCUT2D eigenvalue weighted by atomic mass is 10.0. The van der Waals surface area contributed by atoms with Crippen molar-refractivity contribution in [2.24, 2.45) is 0 Å². The first kappa shape index (κ1) is 19.7. The lowest BCUT2D eigenvalue weighted by Crippen LogP contribution is -2.30. The number of hydrogen-bond acceptors (Lipinski definition) is 5. The Morgan fingerprint density at radius 1 is 1.24 bits per heavy atom. The number of likely N-dealkylation sites (tertiary alicyclic amines) is 1. The number of carbonyl (C=O) groups excluding carboxylic acids is 1. The van der Waals surface area contributed by atoms with Gasteiger partial charge in [0.2, 0.25) is 0 Å². The van der Waals surface area contributed by atoms with Crippen LogP contribution in [0.2, 0.25) is 5.02 Å². The zero-order chi connectivity index (χ0) is 20.2. The van der Waals surface area contributed by atoms with E-state index >= 15 is 0 Å². The first-order valence-electron chi connectivity index (χ1n) is 9.42. The van der Waals surface area contributed by atoms with Crippen LogP contribution in [0.1, 0.15) is 39.9 Å². The average molecular weight is 429 g/mol. The predicted molar refractivity (Wildman–Crippen MR) is 114 cm³/mol. The van der Waals surface area contributed by atoms with Crippen molar-refractivity contribution in [3.8, 4) is 11.5 Å². The van der Waals surface area contributed by atoms with Gasteiger partial charge in [-0.15, -0.1) is 11.3 Å². The van der Waals surface area contributed by atoms with E-state index in [4.69, 9.17) is 21.1 Å². The number of ether oxygens (including phenoxy) is 2. The summed E-state index contributed by atoms with van der Waals surface area (Å²) in [5.41, 5.74) is 1.57. The smallest absolute Gasteiger partial charge is 0.273 e. The molecule has 1 aliphatic rings. The monoisotopic (exact) mass is 428 g/mol. The molecule has 0 spiro atoms. The Labute approximate surface area is 178 Å². The normalized spacial score (nSPS) is 16.1. The minimum Gasteiger partial charge on any atom is -0.497 e. The summed E-state index contributed by atoms with van der Waals surface area (Å²) in [6, 6.07) is 15.2. The van der Waals surface area contributed by atoms with Crippen molar-refractivity contribution in [1.29, 1.82) is 0 Å². The van der Waals surface area contributed by atoms with E-state index in [9.17, 15) is 4.79 Å². The Hall–Kier alpha value is -2.57. The van der Waals surface area contributed by atoms with Crippen LogP contribution in [0, 0.1) is 0 Å². The van der Waals surface area contributed by atoms with Gasteiger partial charge in [-0.25, -0.2) is 4.98 Å². The van der Waals surface area contributed by atoms with Crippen molar-refractivity contribution >= 4 is 28.8 Å². The molecule has 1 saturated heterocycles. The maximum absolute atomic E-state index is 13.1. The largest absolute Gasteiger partial charge is 0.497 e. The lowest BCUT2D eigenvalue weighted by molar-refractivity contribution is 0.0730. The van der Waals surface area contributed by atoms with E-state index in [-0.39, 0.29) is 11.9 Å². The minimum atomic E-state index is -0.0377. The molecular formula is C22H21ClN2O3S. The van der Waals surface area contributed by atoms with Gasteiger partial charge in [0.25, 0.3) is 5.91 Å². The molecule has 0 saturated carbocycles. The number of hydrogen-bond donors (Lipinski definition) is 0. The first-order chi connectivity index (χ1) is 14.1. The Balaban J connectivity index is 1.44. The Morgan fingerprint density at radius 2 is 2.07 bits per heavy atom. The van der Waals surface area contributed by atoms with Crippen LogP contribution in [-0.2, 0) is 6.61 Å². The van der Waals surface area contributed by atoms with Crippen molar-refractivity contribution in [1.82, 2.24) is 9.88 Å². The number of thiazole rings is 1. The van der Waals surface area contributed by atoms with E-state index in [1.54, 1.807) is 19.2 Å². The number of amides is 1. The second-order valence-corrected chi connectivity index (χ2v) is 8.18. The third kappa shape index (κ3) is 4.54. The standard InChI is InChI=1S/C22H21ClN2O3S/c1-27-18-5-2-4-15(12-18)20-6-3-11-25(20)22(26)19-14-29-21(24-19)13-28-17-9-7-16(23)8-10-17/h2,4-5,7-10,12,14,20H,3,6,11,13H2,1H3. The van der Waals surface area contributed by atoms with Crippen molar-refractivity contribution in [2.45, 2.75) is 25.5 Å². The van der Waals surface area contributed by atoms with Gasteiger partial charge in [-0.05, 0) is 54.8 Å². The molecule has 1 unspecified atom stereocenters. The summed E-state index contributed by atoms with van der Waals surface area (Å²) < 4.78 is 11.1. The molecule has 1 aromatic heterocycles. The van der Waals surface area contributed by atoms with Gasteiger partial charge in [-0.3, -0.25) is 4.79 Å². The van der Waals surface area contributed by atoms with E-state index in [0.717, 1.165) is 41.5 Å². The number of benzene rings is 2. The number of nitrogens with zero attached hydrogens (tertiary/aromatic N) is 2. The fraction of sp³-hybridized carbons (Fsp3) is 0.273. The van der Waals surface area contributed by atoms with Crippen LogP contribution < -0.4 is 9.47 Å². The molecule has 0 aliphatic carbocycles. The van der Waals surface area contributed by atoms with Gasteiger partial charge in [0, 0.05) is 16.9 Å². The number of methoxy groups -OCH3 is 1. The first-order valence-corrected chi connectivity index (χ1v) is 10.7. The summed E-state index contributed by atoms with van der Waals surface area (Å²) >= 11 is 7.32. The fourth-order valence-corrected chi connectivity index (χ4v) is 4.31. The second kappa shape index (κ2) is 8.84. The number of rotatable bonds is 6. The molecule has 0 radical (unpaired) electrons. The molecule has 150 valence electrons. The summed E-state index contributed by atoms with van der Waals surface area (Å²) in [6.07, 6.45) is 1.92. The number of halogens is 1. The number of aromatic nitrogens is 1. The molecule has 29 heavy (non-hydrogen) atoms. The van der Waals surface area contributed by atoms with Crippen LogP contribution in [-0.4, -0.2) is 29.4 Å². The molecule has 1 fully saturated rings. The second-order valence-electron chi connectivity index (χ2n) is 6.80. The van der Waals surface area contributed by atoms with Crippen LogP contribution in [0.25, 0.3) is 0 Å².